The average molecular weight is 396 g/mol. The molecule has 0 spiro atoms. The van der Waals surface area contributed by atoms with Gasteiger partial charge in [0.15, 0.2) is 11.5 Å². The van der Waals surface area contributed by atoms with Gasteiger partial charge in [0.2, 0.25) is 0 Å². The molecule has 0 aliphatic heterocycles. The molecule has 0 saturated heterocycles. The van der Waals surface area contributed by atoms with Crippen molar-refractivity contribution in [3.05, 3.63) is 95.1 Å². The monoisotopic (exact) mass is 396 g/mol. The van der Waals surface area contributed by atoms with Crippen LogP contribution in [0.1, 0.15) is 21.5 Å². The predicted octanol–water partition coefficient (Wildman–Crippen LogP) is 4.32. The van der Waals surface area contributed by atoms with Crippen molar-refractivity contribution in [2.45, 2.75) is 6.61 Å². The molecule has 3 aromatic carbocycles. The van der Waals surface area contributed by atoms with Gasteiger partial charge < -0.3 is 9.47 Å². The number of carbonyl (C=O) groups excluding carboxylic acids is 1. The van der Waals surface area contributed by atoms with Gasteiger partial charge in [-0.2, -0.15) is 5.10 Å². The van der Waals surface area contributed by atoms with Crippen LogP contribution in [0.5, 0.6) is 11.5 Å². The van der Waals surface area contributed by atoms with Crippen LogP contribution in [-0.4, -0.2) is 19.2 Å². The predicted molar refractivity (Wildman–Crippen MR) is 105 cm³/mol. The highest BCUT2D eigenvalue weighted by atomic mass is 19.1. The molecule has 0 radical (unpaired) electrons. The minimum absolute atomic E-state index is 0.0910. The van der Waals surface area contributed by atoms with Crippen LogP contribution in [0.15, 0.2) is 71.8 Å². The molecular formula is C22H18F2N2O3. The molecule has 0 atom stereocenters. The normalized spacial score (nSPS) is 10.7. The van der Waals surface area contributed by atoms with Crippen LogP contribution >= 0.6 is 0 Å². The number of amides is 1. The minimum atomic E-state index is -0.648. The summed E-state index contributed by atoms with van der Waals surface area (Å²) in [4.78, 5) is 11.9. The van der Waals surface area contributed by atoms with E-state index in [1.165, 1.54) is 43.7 Å². The Morgan fingerprint density at radius 2 is 1.79 bits per heavy atom. The van der Waals surface area contributed by atoms with E-state index in [-0.39, 0.29) is 18.0 Å². The van der Waals surface area contributed by atoms with Crippen molar-refractivity contribution in [3.63, 3.8) is 0 Å². The lowest BCUT2D eigenvalue weighted by molar-refractivity contribution is 0.0951. The second-order valence-electron chi connectivity index (χ2n) is 6.00. The van der Waals surface area contributed by atoms with Crippen molar-refractivity contribution >= 4 is 12.1 Å². The fourth-order valence-electron chi connectivity index (χ4n) is 2.50. The van der Waals surface area contributed by atoms with Gasteiger partial charge >= 0.3 is 0 Å². The van der Waals surface area contributed by atoms with Gasteiger partial charge in [-0.05, 0) is 53.6 Å². The number of ether oxygens (including phenoxy) is 2. The Hall–Kier alpha value is -3.74. The molecule has 29 heavy (non-hydrogen) atoms. The third-order valence-corrected chi connectivity index (χ3v) is 3.99. The highest BCUT2D eigenvalue weighted by molar-refractivity contribution is 5.95. The van der Waals surface area contributed by atoms with Crippen molar-refractivity contribution in [1.29, 1.82) is 0 Å². The molecule has 0 aliphatic carbocycles. The van der Waals surface area contributed by atoms with Crippen LogP contribution < -0.4 is 14.9 Å². The molecule has 0 unspecified atom stereocenters. The Morgan fingerprint density at radius 1 is 1.03 bits per heavy atom. The van der Waals surface area contributed by atoms with Crippen molar-refractivity contribution in [1.82, 2.24) is 5.43 Å². The number of rotatable bonds is 7. The van der Waals surface area contributed by atoms with Crippen LogP contribution in [-0.2, 0) is 6.61 Å². The van der Waals surface area contributed by atoms with Gasteiger partial charge in [-0.1, -0.05) is 24.3 Å². The molecular weight excluding hydrogens is 378 g/mol. The Morgan fingerprint density at radius 3 is 2.52 bits per heavy atom. The van der Waals surface area contributed by atoms with E-state index < -0.39 is 11.7 Å². The molecule has 3 rings (SSSR count). The topological polar surface area (TPSA) is 59.9 Å². The van der Waals surface area contributed by atoms with Crippen molar-refractivity contribution in [3.8, 4) is 11.5 Å². The maximum absolute atomic E-state index is 13.6. The molecule has 1 N–H and O–H groups in total. The smallest absolute Gasteiger partial charge is 0.274 e. The lowest BCUT2D eigenvalue weighted by Gasteiger charge is -2.11. The lowest BCUT2D eigenvalue weighted by atomic mass is 10.2. The molecule has 5 nitrogen and oxygen atoms in total. The van der Waals surface area contributed by atoms with E-state index in [2.05, 4.69) is 10.5 Å². The van der Waals surface area contributed by atoms with E-state index in [4.69, 9.17) is 9.47 Å². The van der Waals surface area contributed by atoms with Gasteiger partial charge in [-0.3, -0.25) is 4.79 Å². The number of nitrogens with one attached hydrogen (secondary N) is 1. The standard InChI is InChI=1S/C22H18F2N2O3/c1-28-21-12-16(13-25-26-22(27)18-4-2-3-5-19(18)24)8-11-20(21)29-14-15-6-9-17(23)10-7-15/h2-13H,14H2,1H3,(H,26,27)/b25-13-. The van der Waals surface area contributed by atoms with E-state index in [0.717, 1.165) is 5.56 Å². The summed E-state index contributed by atoms with van der Waals surface area (Å²) >= 11 is 0. The van der Waals surface area contributed by atoms with Crippen LogP contribution in [0.4, 0.5) is 8.78 Å². The fraction of sp³-hybridized carbons (Fsp3) is 0.0909. The summed E-state index contributed by atoms with van der Waals surface area (Å²) in [5.74, 6) is -0.604. The largest absolute Gasteiger partial charge is 0.493 e. The zero-order chi connectivity index (χ0) is 20.6. The zero-order valence-corrected chi connectivity index (χ0v) is 15.6. The maximum Gasteiger partial charge on any atom is 0.274 e. The molecule has 0 saturated carbocycles. The summed E-state index contributed by atoms with van der Waals surface area (Å²) in [5.41, 5.74) is 3.65. The zero-order valence-electron chi connectivity index (χ0n) is 15.6. The summed E-state index contributed by atoms with van der Waals surface area (Å²) in [6, 6.07) is 16.8. The molecule has 1 amide bonds. The van der Waals surface area contributed by atoms with E-state index >= 15 is 0 Å². The summed E-state index contributed by atoms with van der Waals surface area (Å²) < 4.78 is 37.6. The molecule has 0 aromatic heterocycles. The summed E-state index contributed by atoms with van der Waals surface area (Å²) in [6.45, 7) is 0.253. The van der Waals surface area contributed by atoms with E-state index in [1.54, 1.807) is 36.4 Å². The third-order valence-electron chi connectivity index (χ3n) is 3.99. The number of hydrazone groups is 1. The number of carbonyl (C=O) groups is 1. The summed E-state index contributed by atoms with van der Waals surface area (Å²) in [7, 11) is 1.50. The molecule has 0 fully saturated rings. The van der Waals surface area contributed by atoms with Crippen LogP contribution in [0.3, 0.4) is 0 Å². The summed E-state index contributed by atoms with van der Waals surface area (Å²) in [5, 5.41) is 3.84. The van der Waals surface area contributed by atoms with Gasteiger partial charge in [-0.25, -0.2) is 14.2 Å². The Balaban J connectivity index is 1.63. The van der Waals surface area contributed by atoms with E-state index in [0.29, 0.717) is 17.1 Å². The third kappa shape index (κ3) is 5.38. The number of halogens is 2. The highest BCUT2D eigenvalue weighted by Crippen LogP contribution is 2.28. The first kappa shape index (κ1) is 20.0. The molecule has 3 aromatic rings. The van der Waals surface area contributed by atoms with Gasteiger partial charge in [-0.15, -0.1) is 0 Å². The number of methoxy groups -OCH3 is 1. The van der Waals surface area contributed by atoms with Crippen LogP contribution in [0.25, 0.3) is 0 Å². The first-order valence-electron chi connectivity index (χ1n) is 8.70. The average Bonchev–Trinajstić information content (AvgIpc) is 2.74. The van der Waals surface area contributed by atoms with Crippen LogP contribution in [0.2, 0.25) is 0 Å². The SMILES string of the molecule is COc1cc(/C=N\NC(=O)c2ccccc2F)ccc1OCc1ccc(F)cc1. The van der Waals surface area contributed by atoms with Gasteiger partial charge in [0.05, 0.1) is 18.9 Å². The minimum Gasteiger partial charge on any atom is -0.493 e. The number of hydrogen-bond acceptors (Lipinski definition) is 4. The molecule has 0 heterocycles. The molecule has 0 bridgehead atoms. The second-order valence-corrected chi connectivity index (χ2v) is 6.00. The van der Waals surface area contributed by atoms with E-state index in [1.807, 2.05) is 0 Å². The van der Waals surface area contributed by atoms with Crippen LogP contribution in [0, 0.1) is 11.6 Å². The van der Waals surface area contributed by atoms with E-state index in [9.17, 15) is 13.6 Å². The second kappa shape index (κ2) is 9.45. The molecule has 7 heteroatoms. The van der Waals surface area contributed by atoms with Gasteiger partial charge in [0, 0.05) is 0 Å². The number of benzene rings is 3. The fourth-order valence-corrected chi connectivity index (χ4v) is 2.50. The van der Waals surface area contributed by atoms with Crippen molar-refractivity contribution in [2.24, 2.45) is 5.10 Å². The highest BCUT2D eigenvalue weighted by Gasteiger charge is 2.09. The quantitative estimate of drug-likeness (QED) is 0.478. The van der Waals surface area contributed by atoms with Crippen molar-refractivity contribution in [2.75, 3.05) is 7.11 Å². The first-order valence-corrected chi connectivity index (χ1v) is 8.70. The Bertz CT molecular complexity index is 1020. The Kier molecular flexibility index (Phi) is 6.52. The molecule has 0 aliphatic rings. The van der Waals surface area contributed by atoms with Gasteiger partial charge in [0.1, 0.15) is 18.2 Å². The van der Waals surface area contributed by atoms with Gasteiger partial charge in [0.25, 0.3) is 5.91 Å². The van der Waals surface area contributed by atoms with Crippen molar-refractivity contribution < 1.29 is 23.0 Å². The first-order chi connectivity index (χ1) is 14.1. The maximum atomic E-state index is 13.6. The lowest BCUT2D eigenvalue weighted by Crippen LogP contribution is -2.18. The molecule has 148 valence electrons. The number of hydrogen-bond donors (Lipinski definition) is 1. The summed E-state index contributed by atoms with van der Waals surface area (Å²) in [6.07, 6.45) is 1.41. The number of nitrogens with zero attached hydrogens (tertiary/aromatic N) is 1. The Labute approximate surface area is 166 Å².